The molecule has 138 valence electrons. The fourth-order valence-electron chi connectivity index (χ4n) is 2.80. The number of benzene rings is 3. The summed E-state index contributed by atoms with van der Waals surface area (Å²) in [5, 5.41) is 2.81. The van der Waals surface area contributed by atoms with Gasteiger partial charge >= 0.3 is 0 Å². The molecule has 0 spiro atoms. The van der Waals surface area contributed by atoms with Crippen molar-refractivity contribution in [2.24, 2.45) is 0 Å². The first-order chi connectivity index (χ1) is 13.7. The minimum Gasteiger partial charge on any atom is -0.454 e. The summed E-state index contributed by atoms with van der Waals surface area (Å²) < 4.78 is 10.6. The van der Waals surface area contributed by atoms with Gasteiger partial charge < -0.3 is 14.8 Å². The predicted octanol–water partition coefficient (Wildman–Crippen LogP) is 4.56. The maximum atomic E-state index is 12.4. The molecule has 3 aromatic rings. The number of fused-ring (bicyclic) bond motifs is 1. The highest BCUT2D eigenvalue weighted by Crippen LogP contribution is 2.32. The van der Waals surface area contributed by atoms with Gasteiger partial charge in [0.25, 0.3) is 5.91 Å². The zero-order chi connectivity index (χ0) is 19.3. The van der Waals surface area contributed by atoms with Crippen molar-refractivity contribution in [3.8, 4) is 11.5 Å². The maximum absolute atomic E-state index is 12.4. The van der Waals surface area contributed by atoms with Gasteiger partial charge in [0.2, 0.25) is 6.79 Å². The van der Waals surface area contributed by atoms with Gasteiger partial charge in [-0.25, -0.2) is 0 Å². The predicted molar refractivity (Wildman–Crippen MR) is 107 cm³/mol. The molecule has 0 saturated carbocycles. The Morgan fingerprint density at radius 3 is 2.36 bits per heavy atom. The molecular weight excluding hydrogens is 354 g/mol. The molecule has 1 N–H and O–H groups in total. The van der Waals surface area contributed by atoms with E-state index in [1.54, 1.807) is 42.5 Å². The van der Waals surface area contributed by atoms with E-state index >= 15 is 0 Å². The Bertz CT molecular complexity index is 1040. The van der Waals surface area contributed by atoms with Crippen LogP contribution in [0, 0.1) is 0 Å². The van der Waals surface area contributed by atoms with Crippen molar-refractivity contribution >= 4 is 23.5 Å². The van der Waals surface area contributed by atoms with Gasteiger partial charge in [0.05, 0.1) is 0 Å². The van der Waals surface area contributed by atoms with Crippen molar-refractivity contribution in [3.63, 3.8) is 0 Å². The van der Waals surface area contributed by atoms with Crippen LogP contribution < -0.4 is 14.8 Å². The lowest BCUT2D eigenvalue weighted by Gasteiger charge is -2.05. The molecule has 3 aromatic carbocycles. The van der Waals surface area contributed by atoms with Gasteiger partial charge in [-0.2, -0.15) is 0 Å². The van der Waals surface area contributed by atoms with Crippen LogP contribution in [0.5, 0.6) is 11.5 Å². The molecule has 1 amide bonds. The summed E-state index contributed by atoms with van der Waals surface area (Å²) in [6.45, 7) is 0.217. The Balaban J connectivity index is 1.40. The second kappa shape index (κ2) is 7.80. The SMILES string of the molecule is O=C(C=Cc1ccc2c(c1)OCO2)c1ccc(NC(=O)c2ccccc2)cc1. The standard InChI is InChI=1S/C23H17NO4/c25-20(12-6-16-7-13-21-22(14-16)28-15-27-21)17-8-10-19(11-9-17)24-23(26)18-4-2-1-3-5-18/h1-14H,15H2,(H,24,26). The molecule has 0 aliphatic carbocycles. The normalized spacial score (nSPS) is 12.1. The fraction of sp³-hybridized carbons (Fsp3) is 0.0435. The molecule has 0 fully saturated rings. The zero-order valence-electron chi connectivity index (χ0n) is 14.9. The van der Waals surface area contributed by atoms with E-state index in [0.717, 1.165) is 5.56 Å². The first kappa shape index (κ1) is 17.5. The Morgan fingerprint density at radius 2 is 1.57 bits per heavy atom. The summed E-state index contributed by atoms with van der Waals surface area (Å²) in [5.41, 5.74) is 2.60. The number of ether oxygens (including phenoxy) is 2. The summed E-state index contributed by atoms with van der Waals surface area (Å²) in [7, 11) is 0. The number of hydrogen-bond acceptors (Lipinski definition) is 4. The van der Waals surface area contributed by atoms with Gasteiger partial charge in [-0.3, -0.25) is 9.59 Å². The number of nitrogens with one attached hydrogen (secondary N) is 1. The molecule has 28 heavy (non-hydrogen) atoms. The minimum atomic E-state index is -0.192. The van der Waals surface area contributed by atoms with Gasteiger partial charge in [0.1, 0.15) is 0 Å². The van der Waals surface area contributed by atoms with Gasteiger partial charge in [-0.15, -0.1) is 0 Å². The number of ketones is 1. The lowest BCUT2D eigenvalue weighted by Crippen LogP contribution is -2.11. The van der Waals surface area contributed by atoms with E-state index in [9.17, 15) is 9.59 Å². The number of carbonyl (C=O) groups is 2. The number of anilines is 1. The molecule has 0 atom stereocenters. The average Bonchev–Trinajstić information content (AvgIpc) is 3.21. The van der Waals surface area contributed by atoms with Gasteiger partial charge in [-0.1, -0.05) is 30.3 Å². The number of rotatable bonds is 5. The Kier molecular flexibility index (Phi) is 4.89. The summed E-state index contributed by atoms with van der Waals surface area (Å²) in [5.74, 6) is 1.06. The van der Waals surface area contributed by atoms with E-state index in [4.69, 9.17) is 9.47 Å². The second-order valence-corrected chi connectivity index (χ2v) is 6.21. The second-order valence-electron chi connectivity index (χ2n) is 6.21. The first-order valence-electron chi connectivity index (χ1n) is 8.77. The minimum absolute atomic E-state index is 0.126. The van der Waals surface area contributed by atoms with Gasteiger partial charge in [-0.05, 0) is 60.2 Å². The third-order valence-electron chi connectivity index (χ3n) is 4.29. The van der Waals surface area contributed by atoms with E-state index in [1.165, 1.54) is 6.08 Å². The van der Waals surface area contributed by atoms with E-state index in [-0.39, 0.29) is 18.5 Å². The van der Waals surface area contributed by atoms with E-state index in [1.807, 2.05) is 36.4 Å². The van der Waals surface area contributed by atoms with Crippen molar-refractivity contribution in [1.82, 2.24) is 0 Å². The number of hydrogen-bond donors (Lipinski definition) is 1. The molecule has 5 heteroatoms. The highest BCUT2D eigenvalue weighted by atomic mass is 16.7. The lowest BCUT2D eigenvalue weighted by atomic mass is 10.1. The molecule has 0 aromatic heterocycles. The number of carbonyl (C=O) groups excluding carboxylic acids is 2. The van der Waals surface area contributed by atoms with Crippen molar-refractivity contribution in [1.29, 1.82) is 0 Å². The molecule has 5 nitrogen and oxygen atoms in total. The van der Waals surface area contributed by atoms with E-state index < -0.39 is 0 Å². The number of allylic oxidation sites excluding steroid dienone is 1. The quantitative estimate of drug-likeness (QED) is 0.527. The summed E-state index contributed by atoms with van der Waals surface area (Å²) in [6, 6.07) is 21.3. The van der Waals surface area contributed by atoms with Crippen LogP contribution >= 0.6 is 0 Å². The van der Waals surface area contributed by atoms with Crippen molar-refractivity contribution in [3.05, 3.63) is 95.6 Å². The zero-order valence-corrected chi connectivity index (χ0v) is 14.9. The molecule has 1 heterocycles. The third kappa shape index (κ3) is 3.94. The topological polar surface area (TPSA) is 64.6 Å². The average molecular weight is 371 g/mol. The van der Waals surface area contributed by atoms with E-state index in [0.29, 0.717) is 28.3 Å². The van der Waals surface area contributed by atoms with Crippen LogP contribution in [0.2, 0.25) is 0 Å². The molecule has 4 rings (SSSR count). The van der Waals surface area contributed by atoms with Crippen molar-refractivity contribution < 1.29 is 19.1 Å². The first-order valence-corrected chi connectivity index (χ1v) is 8.77. The van der Waals surface area contributed by atoms with Gasteiger partial charge in [0.15, 0.2) is 17.3 Å². The smallest absolute Gasteiger partial charge is 0.255 e. The van der Waals surface area contributed by atoms with Crippen LogP contribution in [0.15, 0.2) is 78.9 Å². The largest absolute Gasteiger partial charge is 0.454 e. The monoisotopic (exact) mass is 371 g/mol. The highest BCUT2D eigenvalue weighted by molar-refractivity contribution is 6.08. The van der Waals surface area contributed by atoms with Crippen LogP contribution in [0.3, 0.4) is 0 Å². The van der Waals surface area contributed by atoms with Crippen molar-refractivity contribution in [2.75, 3.05) is 12.1 Å². The Morgan fingerprint density at radius 1 is 0.821 bits per heavy atom. The van der Waals surface area contributed by atoms with Crippen LogP contribution in [0.1, 0.15) is 26.3 Å². The molecule has 0 radical (unpaired) electrons. The van der Waals surface area contributed by atoms with Crippen LogP contribution in [-0.2, 0) is 0 Å². The number of amides is 1. The summed E-state index contributed by atoms with van der Waals surface area (Å²) in [6.07, 6.45) is 3.24. The van der Waals surface area contributed by atoms with Crippen LogP contribution in [0.25, 0.3) is 6.08 Å². The highest BCUT2D eigenvalue weighted by Gasteiger charge is 2.12. The van der Waals surface area contributed by atoms with E-state index in [2.05, 4.69) is 5.32 Å². The summed E-state index contributed by atoms with van der Waals surface area (Å²) in [4.78, 5) is 24.5. The van der Waals surface area contributed by atoms with Crippen LogP contribution in [0.4, 0.5) is 5.69 Å². The molecule has 0 saturated heterocycles. The Hall–Kier alpha value is -3.86. The third-order valence-corrected chi connectivity index (χ3v) is 4.29. The molecule has 1 aliphatic rings. The molecule has 0 unspecified atom stereocenters. The molecule has 1 aliphatic heterocycles. The van der Waals surface area contributed by atoms with Crippen molar-refractivity contribution in [2.45, 2.75) is 0 Å². The fourth-order valence-corrected chi connectivity index (χ4v) is 2.80. The Labute approximate surface area is 162 Å². The van der Waals surface area contributed by atoms with Gasteiger partial charge in [0, 0.05) is 16.8 Å². The molecule has 0 bridgehead atoms. The van der Waals surface area contributed by atoms with Crippen LogP contribution in [-0.4, -0.2) is 18.5 Å². The molecular formula is C23H17NO4. The summed E-state index contributed by atoms with van der Waals surface area (Å²) >= 11 is 0. The maximum Gasteiger partial charge on any atom is 0.255 e. The lowest BCUT2D eigenvalue weighted by molar-refractivity contribution is 0.102.